The summed E-state index contributed by atoms with van der Waals surface area (Å²) in [6.07, 6.45) is 7.35. The summed E-state index contributed by atoms with van der Waals surface area (Å²) in [6.45, 7) is 13.1. The van der Waals surface area contributed by atoms with Gasteiger partial charge in [-0.2, -0.15) is 0 Å². The monoisotopic (exact) mass is 368 g/mol. The average molecular weight is 369 g/mol. The number of fused-ring (bicyclic) bond motifs is 1. The van der Waals surface area contributed by atoms with Gasteiger partial charge in [0.15, 0.2) is 0 Å². The third-order valence-electron chi connectivity index (χ3n) is 4.16. The Labute approximate surface area is 168 Å². The molecule has 0 amide bonds. The lowest BCUT2D eigenvalue weighted by atomic mass is 10.1. The standard InChI is InChI=1S/C23H22N2.C3H6/c1-4-8-21(5-2)25(22-15-12-20(24-3)13-16-22)23-14-11-18-9-6-7-10-19(18)17-23;1-3-2/h4-17,24H,1-2H2,3H3;3H,1H2,2H3/b21-8+;. The molecule has 2 heteroatoms. The van der Waals surface area contributed by atoms with Gasteiger partial charge >= 0.3 is 0 Å². The number of benzene rings is 3. The summed E-state index contributed by atoms with van der Waals surface area (Å²) in [5, 5.41) is 5.59. The Bertz CT molecular complexity index is 965. The van der Waals surface area contributed by atoms with Crippen LogP contribution in [0.2, 0.25) is 0 Å². The number of nitrogens with one attached hydrogen (secondary N) is 1. The molecule has 28 heavy (non-hydrogen) atoms. The highest BCUT2D eigenvalue weighted by Crippen LogP contribution is 2.33. The molecule has 3 rings (SSSR count). The maximum Gasteiger partial charge on any atom is 0.0467 e. The predicted octanol–water partition coefficient (Wildman–Crippen LogP) is 7.47. The van der Waals surface area contributed by atoms with E-state index in [1.165, 1.54) is 10.8 Å². The summed E-state index contributed by atoms with van der Waals surface area (Å²) in [5.41, 5.74) is 4.21. The van der Waals surface area contributed by atoms with E-state index >= 15 is 0 Å². The van der Waals surface area contributed by atoms with Crippen LogP contribution in [-0.2, 0) is 0 Å². The Hall–Kier alpha value is -3.52. The summed E-state index contributed by atoms with van der Waals surface area (Å²) in [6, 6.07) is 23.2. The van der Waals surface area contributed by atoms with Crippen molar-refractivity contribution in [1.82, 2.24) is 0 Å². The van der Waals surface area contributed by atoms with E-state index in [-0.39, 0.29) is 0 Å². The minimum absolute atomic E-state index is 0.975. The molecule has 1 N–H and O–H groups in total. The molecular formula is C26H28N2. The predicted molar refractivity (Wildman–Crippen MR) is 126 cm³/mol. The molecule has 142 valence electrons. The molecule has 0 fully saturated rings. The second kappa shape index (κ2) is 10.6. The SMILES string of the molecule is C=C/C=C(\C=C)N(c1ccc(NC)cc1)c1ccc2ccccc2c1.C=CC. The number of rotatable bonds is 6. The van der Waals surface area contributed by atoms with E-state index in [2.05, 4.69) is 96.7 Å². The number of hydrogen-bond acceptors (Lipinski definition) is 2. The van der Waals surface area contributed by atoms with Crippen LogP contribution < -0.4 is 10.2 Å². The van der Waals surface area contributed by atoms with Gasteiger partial charge in [0.1, 0.15) is 0 Å². The van der Waals surface area contributed by atoms with Crippen LogP contribution in [0.25, 0.3) is 10.8 Å². The molecule has 0 bridgehead atoms. The highest BCUT2D eigenvalue weighted by atomic mass is 15.1. The third-order valence-corrected chi connectivity index (χ3v) is 4.16. The van der Waals surface area contributed by atoms with Gasteiger partial charge in [0, 0.05) is 29.8 Å². The van der Waals surface area contributed by atoms with Crippen LogP contribution in [0.3, 0.4) is 0 Å². The number of hydrogen-bond donors (Lipinski definition) is 1. The van der Waals surface area contributed by atoms with Gasteiger partial charge in [-0.15, -0.1) is 6.58 Å². The van der Waals surface area contributed by atoms with Crippen molar-refractivity contribution in [2.75, 3.05) is 17.3 Å². The zero-order chi connectivity index (χ0) is 20.4. The van der Waals surface area contributed by atoms with Gasteiger partial charge in [-0.1, -0.05) is 55.6 Å². The Morgan fingerprint density at radius 3 is 2.04 bits per heavy atom. The fraction of sp³-hybridized carbons (Fsp3) is 0.0769. The fourth-order valence-electron chi connectivity index (χ4n) is 2.89. The molecule has 3 aromatic rings. The number of allylic oxidation sites excluding steroid dienone is 4. The summed E-state index contributed by atoms with van der Waals surface area (Å²) in [4.78, 5) is 2.18. The van der Waals surface area contributed by atoms with Crippen molar-refractivity contribution in [3.05, 3.63) is 116 Å². The quantitative estimate of drug-likeness (QED) is 0.358. The largest absolute Gasteiger partial charge is 0.388 e. The zero-order valence-electron chi connectivity index (χ0n) is 16.7. The van der Waals surface area contributed by atoms with Crippen LogP contribution >= 0.6 is 0 Å². The van der Waals surface area contributed by atoms with E-state index in [4.69, 9.17) is 0 Å². The maximum atomic E-state index is 3.98. The molecule has 0 saturated carbocycles. The average Bonchev–Trinajstić information content (AvgIpc) is 2.74. The Kier molecular flexibility index (Phi) is 7.86. The third kappa shape index (κ3) is 5.01. The summed E-state index contributed by atoms with van der Waals surface area (Å²) >= 11 is 0. The molecule has 0 saturated heterocycles. The fourth-order valence-corrected chi connectivity index (χ4v) is 2.89. The lowest BCUT2D eigenvalue weighted by Crippen LogP contribution is -2.15. The molecule has 0 spiro atoms. The van der Waals surface area contributed by atoms with Gasteiger partial charge in [-0.3, -0.25) is 0 Å². The summed E-state index contributed by atoms with van der Waals surface area (Å²) < 4.78 is 0. The molecule has 0 radical (unpaired) electrons. The molecular weight excluding hydrogens is 340 g/mol. The number of nitrogens with zero attached hydrogens (tertiary/aromatic N) is 1. The zero-order valence-corrected chi connectivity index (χ0v) is 16.7. The summed E-state index contributed by atoms with van der Waals surface area (Å²) in [7, 11) is 1.92. The molecule has 0 atom stereocenters. The first-order chi connectivity index (χ1) is 13.7. The van der Waals surface area contributed by atoms with Crippen molar-refractivity contribution in [2.24, 2.45) is 0 Å². The molecule has 0 aliphatic heterocycles. The minimum atomic E-state index is 0.975. The van der Waals surface area contributed by atoms with Crippen LogP contribution in [0.4, 0.5) is 17.1 Å². The first kappa shape index (κ1) is 20.8. The Morgan fingerprint density at radius 2 is 1.46 bits per heavy atom. The van der Waals surface area contributed by atoms with Gasteiger partial charge < -0.3 is 10.2 Å². The van der Waals surface area contributed by atoms with Crippen molar-refractivity contribution in [3.8, 4) is 0 Å². The van der Waals surface area contributed by atoms with Crippen molar-refractivity contribution < 1.29 is 0 Å². The van der Waals surface area contributed by atoms with Crippen LogP contribution in [-0.4, -0.2) is 7.05 Å². The second-order valence-electron chi connectivity index (χ2n) is 6.10. The van der Waals surface area contributed by atoms with E-state index < -0.39 is 0 Å². The van der Waals surface area contributed by atoms with Crippen molar-refractivity contribution >= 4 is 27.8 Å². The molecule has 0 heterocycles. The van der Waals surface area contributed by atoms with Crippen LogP contribution in [0.15, 0.2) is 116 Å². The van der Waals surface area contributed by atoms with Crippen LogP contribution in [0, 0.1) is 0 Å². The smallest absolute Gasteiger partial charge is 0.0467 e. The van der Waals surface area contributed by atoms with Crippen molar-refractivity contribution in [3.63, 3.8) is 0 Å². The van der Waals surface area contributed by atoms with E-state index in [1.54, 1.807) is 12.2 Å². The first-order valence-corrected chi connectivity index (χ1v) is 9.27. The van der Waals surface area contributed by atoms with Gasteiger partial charge in [-0.05, 0) is 66.2 Å². The Balaban J connectivity index is 0.000000878. The van der Waals surface area contributed by atoms with E-state index in [9.17, 15) is 0 Å². The van der Waals surface area contributed by atoms with Gasteiger partial charge in [0.05, 0.1) is 0 Å². The van der Waals surface area contributed by atoms with Crippen LogP contribution in [0.5, 0.6) is 0 Å². The van der Waals surface area contributed by atoms with E-state index in [1.807, 2.05) is 26.1 Å². The summed E-state index contributed by atoms with van der Waals surface area (Å²) in [5.74, 6) is 0. The lowest BCUT2D eigenvalue weighted by molar-refractivity contribution is 1.21. The molecule has 3 aromatic carbocycles. The topological polar surface area (TPSA) is 15.3 Å². The molecule has 0 aromatic heterocycles. The number of anilines is 3. The molecule has 0 unspecified atom stereocenters. The molecule has 0 aliphatic rings. The van der Waals surface area contributed by atoms with Crippen molar-refractivity contribution in [2.45, 2.75) is 6.92 Å². The van der Waals surface area contributed by atoms with Crippen LogP contribution in [0.1, 0.15) is 6.92 Å². The minimum Gasteiger partial charge on any atom is -0.388 e. The van der Waals surface area contributed by atoms with E-state index in [0.717, 1.165) is 22.8 Å². The van der Waals surface area contributed by atoms with E-state index in [0.29, 0.717) is 0 Å². The lowest BCUT2D eigenvalue weighted by Gasteiger charge is -2.26. The highest BCUT2D eigenvalue weighted by molar-refractivity contribution is 5.88. The van der Waals surface area contributed by atoms with Gasteiger partial charge in [-0.25, -0.2) is 0 Å². The molecule has 0 aliphatic carbocycles. The molecule has 2 nitrogen and oxygen atoms in total. The Morgan fingerprint density at radius 1 is 0.857 bits per heavy atom. The first-order valence-electron chi connectivity index (χ1n) is 9.27. The van der Waals surface area contributed by atoms with Gasteiger partial charge in [0.25, 0.3) is 0 Å². The second-order valence-corrected chi connectivity index (χ2v) is 6.10. The van der Waals surface area contributed by atoms with Crippen molar-refractivity contribution in [1.29, 1.82) is 0 Å². The maximum absolute atomic E-state index is 3.98. The normalized spacial score (nSPS) is 10.4. The van der Waals surface area contributed by atoms with Gasteiger partial charge in [0.2, 0.25) is 0 Å². The highest BCUT2D eigenvalue weighted by Gasteiger charge is 2.13.